The second-order valence-electron chi connectivity index (χ2n) is 3.92. The predicted octanol–water partition coefficient (Wildman–Crippen LogP) is 2.81. The molecule has 0 aliphatic carbocycles. The normalized spacial score (nSPS) is 21.2. The summed E-state index contributed by atoms with van der Waals surface area (Å²) in [6, 6.07) is 6.48. The van der Waals surface area contributed by atoms with Crippen LogP contribution in [0.2, 0.25) is 0 Å². The van der Waals surface area contributed by atoms with Crippen molar-refractivity contribution < 1.29 is 4.39 Å². The summed E-state index contributed by atoms with van der Waals surface area (Å²) in [5.74, 6) is 0.601. The lowest BCUT2D eigenvalue weighted by Crippen LogP contribution is -2.19. The fourth-order valence-electron chi connectivity index (χ4n) is 1.96. The van der Waals surface area contributed by atoms with Gasteiger partial charge in [-0.3, -0.25) is 4.99 Å². The maximum absolute atomic E-state index is 12.9. The van der Waals surface area contributed by atoms with Gasteiger partial charge in [-0.05, 0) is 46.5 Å². The summed E-state index contributed by atoms with van der Waals surface area (Å²) < 4.78 is 13.2. The van der Waals surface area contributed by atoms with Crippen LogP contribution in [-0.2, 0) is 0 Å². The average molecular weight is 298 g/mol. The molecular weight excluding hydrogens is 285 g/mol. The van der Waals surface area contributed by atoms with Gasteiger partial charge in [-0.25, -0.2) is 9.38 Å². The number of rotatable bonds is 1. The van der Waals surface area contributed by atoms with Crippen LogP contribution in [0.15, 0.2) is 34.3 Å². The molecule has 90 valence electrons. The molecule has 0 radical (unpaired) electrons. The molecule has 0 spiro atoms. The van der Waals surface area contributed by atoms with E-state index in [0.717, 1.165) is 30.8 Å². The molecule has 5 heteroatoms. The fourth-order valence-corrected chi connectivity index (χ4v) is 2.14. The fraction of sp³-hybridized carbons (Fsp3) is 0.333. The van der Waals surface area contributed by atoms with E-state index in [-0.39, 0.29) is 11.7 Å². The van der Waals surface area contributed by atoms with Crippen LogP contribution in [0.25, 0.3) is 0 Å². The van der Waals surface area contributed by atoms with E-state index in [1.807, 2.05) is 0 Å². The first-order valence-corrected chi connectivity index (χ1v) is 6.25. The lowest BCUT2D eigenvalue weighted by atomic mass is 9.91. The molecule has 1 aromatic carbocycles. The minimum Gasteiger partial charge on any atom is -0.378 e. The second kappa shape index (κ2) is 5.40. The summed E-state index contributed by atoms with van der Waals surface area (Å²) in [6.45, 7) is 0.775. The molecule has 0 fully saturated rings. The van der Waals surface area contributed by atoms with Crippen LogP contribution in [0, 0.1) is 5.82 Å². The lowest BCUT2D eigenvalue weighted by molar-refractivity contribution is 0.623. The molecular formula is C12H13BrFN3. The zero-order valence-corrected chi connectivity index (χ0v) is 10.8. The molecule has 1 heterocycles. The highest BCUT2D eigenvalue weighted by molar-refractivity contribution is 9.18. The Morgan fingerprint density at radius 2 is 2.12 bits per heavy atom. The Hall–Kier alpha value is -1.23. The Kier molecular flexibility index (Phi) is 3.89. The molecule has 1 unspecified atom stereocenters. The third-order valence-electron chi connectivity index (χ3n) is 2.73. The van der Waals surface area contributed by atoms with Gasteiger partial charge < -0.3 is 5.73 Å². The van der Waals surface area contributed by atoms with E-state index in [9.17, 15) is 4.39 Å². The molecule has 2 N–H and O–H groups in total. The molecule has 0 saturated heterocycles. The highest BCUT2D eigenvalue weighted by Crippen LogP contribution is 2.27. The highest BCUT2D eigenvalue weighted by Gasteiger charge is 2.21. The van der Waals surface area contributed by atoms with Gasteiger partial charge in [-0.1, -0.05) is 12.1 Å². The van der Waals surface area contributed by atoms with Crippen molar-refractivity contribution in [3.05, 3.63) is 35.6 Å². The van der Waals surface area contributed by atoms with Crippen LogP contribution in [0.1, 0.15) is 24.3 Å². The van der Waals surface area contributed by atoms with Crippen molar-refractivity contribution in [3.8, 4) is 0 Å². The van der Waals surface area contributed by atoms with E-state index in [1.54, 1.807) is 12.1 Å². The minimum absolute atomic E-state index is 0.112. The smallest absolute Gasteiger partial charge is 0.169 e. The second-order valence-corrected chi connectivity index (χ2v) is 4.73. The van der Waals surface area contributed by atoms with Crippen molar-refractivity contribution in [1.82, 2.24) is 0 Å². The van der Waals surface area contributed by atoms with Crippen molar-refractivity contribution in [1.29, 1.82) is 0 Å². The summed E-state index contributed by atoms with van der Waals surface area (Å²) in [6.07, 6.45) is 1.98. The van der Waals surface area contributed by atoms with Crippen LogP contribution in [0.3, 0.4) is 0 Å². The molecule has 0 saturated carbocycles. The molecule has 0 amide bonds. The highest BCUT2D eigenvalue weighted by atomic mass is 79.9. The van der Waals surface area contributed by atoms with Crippen molar-refractivity contribution in [3.63, 3.8) is 0 Å². The molecule has 17 heavy (non-hydrogen) atoms. The van der Waals surface area contributed by atoms with Gasteiger partial charge in [0.1, 0.15) is 11.7 Å². The Bertz CT molecular complexity index is 449. The van der Waals surface area contributed by atoms with Crippen molar-refractivity contribution in [2.24, 2.45) is 15.7 Å². The van der Waals surface area contributed by atoms with Gasteiger partial charge in [-0.2, -0.15) is 0 Å². The van der Waals surface area contributed by atoms with Gasteiger partial charge in [0.2, 0.25) is 0 Å². The summed E-state index contributed by atoms with van der Waals surface area (Å²) in [5.41, 5.74) is 6.54. The monoisotopic (exact) mass is 297 g/mol. The molecule has 2 rings (SSSR count). The first-order chi connectivity index (χ1) is 8.16. The van der Waals surface area contributed by atoms with Crippen LogP contribution in [0.5, 0.6) is 0 Å². The molecule has 0 aromatic heterocycles. The number of halogens is 2. The number of hydrogen-bond donors (Lipinski definition) is 1. The predicted molar refractivity (Wildman–Crippen MR) is 71.2 cm³/mol. The van der Waals surface area contributed by atoms with Crippen molar-refractivity contribution in [2.45, 2.75) is 18.8 Å². The Morgan fingerprint density at radius 3 is 2.76 bits per heavy atom. The van der Waals surface area contributed by atoms with Gasteiger partial charge in [0.15, 0.2) is 4.74 Å². The first kappa shape index (κ1) is 12.2. The summed E-state index contributed by atoms with van der Waals surface area (Å²) in [4.78, 5) is 8.56. The molecule has 1 aliphatic rings. The topological polar surface area (TPSA) is 50.7 Å². The third kappa shape index (κ3) is 3.12. The summed E-state index contributed by atoms with van der Waals surface area (Å²) in [5, 5.41) is 0. The van der Waals surface area contributed by atoms with E-state index in [4.69, 9.17) is 5.73 Å². The third-order valence-corrected chi connectivity index (χ3v) is 2.91. The number of nitrogens with zero attached hydrogens (tertiary/aromatic N) is 2. The molecule has 1 aliphatic heterocycles. The van der Waals surface area contributed by atoms with Crippen LogP contribution < -0.4 is 5.73 Å². The Labute approximate surface area is 108 Å². The van der Waals surface area contributed by atoms with E-state index in [1.165, 1.54) is 12.1 Å². The lowest BCUT2D eigenvalue weighted by Gasteiger charge is -2.20. The van der Waals surface area contributed by atoms with Crippen molar-refractivity contribution in [2.75, 3.05) is 6.54 Å². The van der Waals surface area contributed by atoms with E-state index in [2.05, 4.69) is 25.9 Å². The molecule has 3 nitrogen and oxygen atoms in total. The van der Waals surface area contributed by atoms with Gasteiger partial charge in [0.05, 0.1) is 0 Å². The zero-order valence-electron chi connectivity index (χ0n) is 9.24. The van der Waals surface area contributed by atoms with Gasteiger partial charge in [0.25, 0.3) is 0 Å². The number of benzene rings is 1. The quantitative estimate of drug-likeness (QED) is 0.484. The Balaban J connectivity index is 2.29. The molecule has 1 aromatic rings. The summed E-state index contributed by atoms with van der Waals surface area (Å²) in [7, 11) is 0. The number of hydrogen-bond acceptors (Lipinski definition) is 2. The van der Waals surface area contributed by atoms with Crippen LogP contribution in [-0.4, -0.2) is 17.1 Å². The minimum atomic E-state index is -0.230. The Morgan fingerprint density at radius 1 is 1.41 bits per heavy atom. The van der Waals surface area contributed by atoms with Crippen molar-refractivity contribution >= 4 is 26.5 Å². The molecule has 0 bridgehead atoms. The summed E-state index contributed by atoms with van der Waals surface area (Å²) >= 11 is 3.11. The van der Waals surface area contributed by atoms with Gasteiger partial charge in [0, 0.05) is 12.5 Å². The molecule has 1 atom stereocenters. The number of aliphatic imine (C=N–C) groups is 2. The maximum Gasteiger partial charge on any atom is 0.169 e. The largest absolute Gasteiger partial charge is 0.378 e. The number of nitrogens with two attached hydrogens (primary N) is 1. The maximum atomic E-state index is 12.9. The average Bonchev–Trinajstić information content (AvgIpc) is 2.30. The first-order valence-electron chi connectivity index (χ1n) is 5.46. The van der Waals surface area contributed by atoms with Gasteiger partial charge >= 0.3 is 0 Å². The van der Waals surface area contributed by atoms with E-state index >= 15 is 0 Å². The van der Waals surface area contributed by atoms with Gasteiger partial charge in [-0.15, -0.1) is 0 Å². The van der Waals surface area contributed by atoms with E-state index in [0.29, 0.717) is 4.74 Å². The van der Waals surface area contributed by atoms with Crippen LogP contribution >= 0.6 is 15.9 Å². The SMILES string of the molecule is NC(Br)=NC1=NCCCC1c1ccc(F)cc1. The zero-order chi connectivity index (χ0) is 12.3. The standard InChI is InChI=1S/C12H13BrFN3/c13-12(15)17-11-10(2-1-7-16-11)8-3-5-9(14)6-4-8/h3-6,10H,1-2,7H2,(H2,15,16,17). The number of amidine groups is 2. The van der Waals surface area contributed by atoms with Crippen LogP contribution in [0.4, 0.5) is 4.39 Å². The van der Waals surface area contributed by atoms with E-state index < -0.39 is 0 Å².